The number of aliphatic hydroxyl groups excluding tert-OH is 2. The molecule has 216 valence electrons. The quantitative estimate of drug-likeness (QED) is 0.316. The molecule has 1 aliphatic heterocycles. The third-order valence-electron chi connectivity index (χ3n) is 9.08. The summed E-state index contributed by atoms with van der Waals surface area (Å²) in [5, 5.41) is 35.0. The Kier molecular flexibility index (Phi) is 6.35. The van der Waals surface area contributed by atoms with Gasteiger partial charge in [-0.15, -0.1) is 0 Å². The van der Waals surface area contributed by atoms with Crippen molar-refractivity contribution >= 4 is 34.0 Å². The molecular weight excluding hydrogens is 533 g/mol. The summed E-state index contributed by atoms with van der Waals surface area (Å²) in [6, 6.07) is 4.67. The van der Waals surface area contributed by atoms with E-state index in [1.54, 1.807) is 25.1 Å². The van der Waals surface area contributed by atoms with E-state index in [0.29, 0.717) is 41.7 Å². The molecule has 2 unspecified atom stereocenters. The van der Waals surface area contributed by atoms with Crippen LogP contribution in [-0.4, -0.2) is 89.1 Å². The first-order chi connectivity index (χ1) is 19.4. The fourth-order valence-electron chi connectivity index (χ4n) is 7.37. The highest BCUT2D eigenvalue weighted by Crippen LogP contribution is 2.53. The number of aromatic hydroxyl groups is 1. The van der Waals surface area contributed by atoms with E-state index in [2.05, 4.69) is 0 Å². The number of nitrogens with zero attached hydrogens (tertiary/aromatic N) is 2. The van der Waals surface area contributed by atoms with Crippen molar-refractivity contribution < 1.29 is 38.8 Å². The Morgan fingerprint density at radius 2 is 1.85 bits per heavy atom. The maximum atomic E-state index is 14.0. The van der Waals surface area contributed by atoms with Crippen LogP contribution < -0.4 is 10.5 Å². The lowest BCUT2D eigenvalue weighted by Gasteiger charge is -2.46. The molecule has 10 nitrogen and oxygen atoms in total. The second kappa shape index (κ2) is 9.56. The molecule has 0 aromatic heterocycles. The molecule has 0 radical (unpaired) electrons. The number of ketones is 2. The summed E-state index contributed by atoms with van der Waals surface area (Å²) in [7, 11) is 4.85. The summed E-state index contributed by atoms with van der Waals surface area (Å²) in [6.45, 7) is 1.17. The number of alkyl halides is 1. The van der Waals surface area contributed by atoms with Gasteiger partial charge in [0.2, 0.25) is 0 Å². The average Bonchev–Trinajstić information content (AvgIpc) is 2.87. The molecule has 0 bridgehead atoms. The van der Waals surface area contributed by atoms with Gasteiger partial charge in [0.15, 0.2) is 11.6 Å². The topological polar surface area (TPSA) is 154 Å². The minimum atomic E-state index is -1.32. The van der Waals surface area contributed by atoms with E-state index < -0.39 is 64.5 Å². The normalized spacial score (nSPS) is 26.7. The van der Waals surface area contributed by atoms with E-state index in [1.807, 2.05) is 17.0 Å². The fraction of sp³-hybridized carbons (Fsp3) is 0.433. The van der Waals surface area contributed by atoms with Gasteiger partial charge in [0.1, 0.15) is 34.8 Å². The summed E-state index contributed by atoms with van der Waals surface area (Å²) >= 11 is 0. The van der Waals surface area contributed by atoms with Crippen LogP contribution in [0.25, 0.3) is 16.5 Å². The number of Topliss-reactive ketones (excluding diaryl/α,β-unsaturated/α-hetero) is 2. The molecule has 5 N–H and O–H groups in total. The summed E-state index contributed by atoms with van der Waals surface area (Å²) < 4.78 is 19.1. The zero-order valence-corrected chi connectivity index (χ0v) is 23.0. The number of carbonyl (C=O) groups excluding carboxylic acids is 3. The van der Waals surface area contributed by atoms with Crippen LogP contribution in [0.3, 0.4) is 0 Å². The summed E-state index contributed by atoms with van der Waals surface area (Å²) in [5.41, 5.74) is 6.28. The Balaban J connectivity index is 1.49. The SMILES string of the molecule is COc1c2c(c(O)c3cc(CN4CC(F)C4)ccc13)C(O)=C1C(=O)C3C(=O)C(C(N)=O)=C(O)[C@@H](N(C)C)C3C[C@@H]1C2. The number of hydrogen-bond acceptors (Lipinski definition) is 9. The molecule has 4 atom stereocenters. The number of phenolic OH excluding ortho intramolecular Hbond substituents is 1. The number of benzene rings is 2. The average molecular weight is 566 g/mol. The van der Waals surface area contributed by atoms with Crippen LogP contribution in [0.2, 0.25) is 0 Å². The van der Waals surface area contributed by atoms with Gasteiger partial charge in [0, 0.05) is 41.5 Å². The van der Waals surface area contributed by atoms with Gasteiger partial charge in [-0.3, -0.25) is 24.2 Å². The van der Waals surface area contributed by atoms with Crippen molar-refractivity contribution in [3.8, 4) is 11.5 Å². The van der Waals surface area contributed by atoms with Crippen LogP contribution in [0.15, 0.2) is 35.1 Å². The van der Waals surface area contributed by atoms with E-state index in [-0.39, 0.29) is 29.7 Å². The van der Waals surface area contributed by atoms with Crippen molar-refractivity contribution in [1.29, 1.82) is 0 Å². The number of rotatable bonds is 5. The molecule has 1 heterocycles. The lowest BCUT2D eigenvalue weighted by molar-refractivity contribution is -0.136. The molecule has 41 heavy (non-hydrogen) atoms. The smallest absolute Gasteiger partial charge is 0.255 e. The van der Waals surface area contributed by atoms with Crippen LogP contribution >= 0.6 is 0 Å². The minimum Gasteiger partial charge on any atom is -0.510 e. The molecule has 0 spiro atoms. The lowest BCUT2D eigenvalue weighted by atomic mass is 9.59. The Morgan fingerprint density at radius 1 is 1.15 bits per heavy atom. The van der Waals surface area contributed by atoms with Crippen LogP contribution in [0.1, 0.15) is 23.1 Å². The number of likely N-dealkylation sites (N-methyl/N-ethyl adjacent to an activating group) is 1. The Hall–Kier alpha value is -3.96. The van der Waals surface area contributed by atoms with Crippen LogP contribution in [-0.2, 0) is 27.3 Å². The van der Waals surface area contributed by atoms with Gasteiger partial charge in [-0.05, 0) is 50.4 Å². The van der Waals surface area contributed by atoms with Gasteiger partial charge >= 0.3 is 0 Å². The number of halogens is 1. The summed E-state index contributed by atoms with van der Waals surface area (Å²) in [6.07, 6.45) is -0.347. The van der Waals surface area contributed by atoms with Gasteiger partial charge in [0.05, 0.1) is 24.6 Å². The molecule has 1 saturated carbocycles. The van der Waals surface area contributed by atoms with Gasteiger partial charge in [0.25, 0.3) is 5.91 Å². The van der Waals surface area contributed by atoms with E-state index in [1.165, 1.54) is 7.11 Å². The molecule has 1 amide bonds. The number of allylic oxidation sites excluding steroid dienone is 1. The molecule has 3 aliphatic carbocycles. The first-order valence-electron chi connectivity index (χ1n) is 13.6. The summed E-state index contributed by atoms with van der Waals surface area (Å²) in [4.78, 5) is 43.1. The standard InChI is InChI=1S/C30H32FN3O7/c1-33(2)23-17-7-13-8-18-21(26(37)19(13)25(36)20(17)27(38)22(28(23)39)30(32)40)24(35)16-6-12(9-34-10-14(31)11-34)4-5-15(16)29(18)41-3/h4-6,13-14,17,20,23,35,37,39H,7-11H2,1-3H3,(H2,32,40)/t13-,17?,20?,23+/m1/s1. The molecule has 2 aromatic carbocycles. The Morgan fingerprint density at radius 3 is 2.46 bits per heavy atom. The van der Waals surface area contributed by atoms with Crippen molar-refractivity contribution in [1.82, 2.24) is 9.80 Å². The van der Waals surface area contributed by atoms with E-state index >= 15 is 0 Å². The highest BCUT2D eigenvalue weighted by molar-refractivity contribution is 6.28. The molecule has 2 aromatic rings. The molecule has 1 saturated heterocycles. The molecule has 2 fully saturated rings. The second-order valence-electron chi connectivity index (χ2n) is 11.7. The Labute approximate surface area is 235 Å². The second-order valence-corrected chi connectivity index (χ2v) is 11.7. The van der Waals surface area contributed by atoms with Crippen molar-refractivity contribution in [2.45, 2.75) is 31.6 Å². The molecule has 6 rings (SSSR count). The lowest BCUT2D eigenvalue weighted by Crippen LogP contribution is -2.55. The van der Waals surface area contributed by atoms with E-state index in [0.717, 1.165) is 5.56 Å². The van der Waals surface area contributed by atoms with Gasteiger partial charge < -0.3 is 25.8 Å². The van der Waals surface area contributed by atoms with Crippen molar-refractivity contribution in [3.63, 3.8) is 0 Å². The van der Waals surface area contributed by atoms with Crippen molar-refractivity contribution in [3.05, 3.63) is 51.8 Å². The zero-order chi connectivity index (χ0) is 29.5. The highest BCUT2D eigenvalue weighted by atomic mass is 19.1. The molecular formula is C30H32FN3O7. The predicted octanol–water partition coefficient (Wildman–Crippen LogP) is 2.16. The van der Waals surface area contributed by atoms with Crippen molar-refractivity contribution in [2.75, 3.05) is 34.3 Å². The van der Waals surface area contributed by atoms with E-state index in [4.69, 9.17) is 10.5 Å². The number of phenols is 1. The number of fused-ring (bicyclic) bond motifs is 4. The highest BCUT2D eigenvalue weighted by Gasteiger charge is 2.56. The molecule has 4 aliphatic rings. The largest absolute Gasteiger partial charge is 0.510 e. The fourth-order valence-corrected chi connectivity index (χ4v) is 7.37. The number of hydrogen-bond donors (Lipinski definition) is 4. The Bertz CT molecular complexity index is 1590. The van der Waals surface area contributed by atoms with Gasteiger partial charge in [-0.25, -0.2) is 4.39 Å². The minimum absolute atomic E-state index is 0.0113. The van der Waals surface area contributed by atoms with E-state index in [9.17, 15) is 34.1 Å². The van der Waals surface area contributed by atoms with Gasteiger partial charge in [-0.2, -0.15) is 0 Å². The van der Waals surface area contributed by atoms with Crippen LogP contribution in [0.4, 0.5) is 4.39 Å². The van der Waals surface area contributed by atoms with Gasteiger partial charge in [-0.1, -0.05) is 12.1 Å². The number of primary amides is 1. The van der Waals surface area contributed by atoms with Crippen molar-refractivity contribution in [2.24, 2.45) is 23.5 Å². The number of nitrogens with two attached hydrogens (primary N) is 1. The number of carbonyl (C=O) groups is 3. The first kappa shape index (κ1) is 27.2. The predicted molar refractivity (Wildman–Crippen MR) is 147 cm³/mol. The zero-order valence-electron chi connectivity index (χ0n) is 23.0. The molecule has 11 heteroatoms. The van der Waals surface area contributed by atoms with Crippen LogP contribution in [0.5, 0.6) is 11.5 Å². The number of likely N-dealkylation sites (tertiary alicyclic amines) is 1. The number of ether oxygens (including phenoxy) is 1. The third kappa shape index (κ3) is 3.93. The number of amides is 1. The first-order valence-corrected chi connectivity index (χ1v) is 13.6. The third-order valence-corrected chi connectivity index (χ3v) is 9.08. The summed E-state index contributed by atoms with van der Waals surface area (Å²) in [5.74, 6) is -5.79. The monoisotopic (exact) mass is 565 g/mol. The number of aliphatic hydroxyl groups is 2. The maximum Gasteiger partial charge on any atom is 0.255 e. The number of methoxy groups -OCH3 is 1. The maximum absolute atomic E-state index is 14.0. The van der Waals surface area contributed by atoms with Crippen LogP contribution in [0, 0.1) is 17.8 Å².